The number of hydrogen-bond donors (Lipinski definition) is 0. The van der Waals surface area contributed by atoms with Gasteiger partial charge in [0.15, 0.2) is 0 Å². The third kappa shape index (κ3) is 13.4. The summed E-state index contributed by atoms with van der Waals surface area (Å²) in [5.74, 6) is -0.199. The van der Waals surface area contributed by atoms with Crippen LogP contribution in [0.5, 0.6) is 0 Å². The van der Waals surface area contributed by atoms with Gasteiger partial charge in [0.1, 0.15) is 5.82 Å². The van der Waals surface area contributed by atoms with E-state index in [-0.39, 0.29) is 5.82 Å². The van der Waals surface area contributed by atoms with E-state index in [1.54, 1.807) is 23.5 Å². The molecular weight excluding hydrogens is 1860 g/mol. The number of benzene rings is 23. The van der Waals surface area contributed by atoms with Gasteiger partial charge in [0.25, 0.3) is 0 Å². The van der Waals surface area contributed by atoms with Gasteiger partial charge in [0, 0.05) is 165 Å². The second-order valence-corrected chi connectivity index (χ2v) is 41.6. The fourth-order valence-electron chi connectivity index (χ4n) is 24.1. The Kier molecular flexibility index (Phi) is 19.7. The number of para-hydroxylation sites is 9. The fraction of sp³-hybridized carbons (Fsp3) is 0. The van der Waals surface area contributed by atoms with Crippen LogP contribution in [0.25, 0.3) is 281 Å². The Labute approximate surface area is 861 Å². The maximum atomic E-state index is 14.1. The van der Waals surface area contributed by atoms with Crippen LogP contribution in [0.4, 0.5) is 4.39 Å². The Balaban J connectivity index is 0.000000103. The van der Waals surface area contributed by atoms with E-state index in [9.17, 15) is 4.39 Å². The van der Waals surface area contributed by atoms with Crippen molar-refractivity contribution in [3.05, 3.63) is 521 Å². The van der Waals surface area contributed by atoms with Gasteiger partial charge in [-0.1, -0.05) is 346 Å². The molecule has 0 spiro atoms. The largest absolute Gasteiger partial charge is 0.309 e. The second-order valence-electron chi connectivity index (χ2n) is 38.4. The molecule has 23 aromatic carbocycles. The van der Waals surface area contributed by atoms with Crippen LogP contribution in [0, 0.1) is 5.82 Å². The van der Waals surface area contributed by atoms with Gasteiger partial charge in [0.2, 0.25) is 0 Å². The molecule has 0 saturated carbocycles. The topological polar surface area (TPSA) is 29.6 Å². The highest BCUT2D eigenvalue weighted by Crippen LogP contribution is 2.52. The number of aromatic nitrogens is 6. The number of thiophene rings is 3. The first-order valence-electron chi connectivity index (χ1n) is 50.4. The SMILES string of the molecule is Fc1ccc2sc3c(-c4ccc(-n5c6ccccc6c6c7c8ccccc8n(-c8ccccc8)c7ccc65)cc4)cccc3c2c1.c1ccc(-c2ccc(-n3c4ccccc4c4c5c6ccccc6n(-c6ccc(-c7ccc(-c8cccc9c8sc8ccccc89)cc7)cc6)c5ccc43)cc2)cc1.c1ccc(-n2c3ccccc3c3c4c5ccccc5n(-c5ccccc5-c5cccc6c5sc5ccccc56)c4ccc32)cc1. The van der Waals surface area contributed by atoms with Crippen LogP contribution in [0.2, 0.25) is 0 Å². The minimum Gasteiger partial charge on any atom is -0.309 e. The van der Waals surface area contributed by atoms with E-state index in [1.807, 2.05) is 28.7 Å². The van der Waals surface area contributed by atoms with Crippen molar-refractivity contribution in [2.45, 2.75) is 0 Å². The highest BCUT2D eigenvalue weighted by molar-refractivity contribution is 7.27. The molecule has 32 aromatic rings. The molecule has 0 unspecified atom stereocenters. The summed E-state index contributed by atoms with van der Waals surface area (Å²) in [6, 6.07) is 186. The average Bonchev–Trinajstić information content (AvgIpc) is 1.55. The molecular formula is C138H85FN6S3. The van der Waals surface area contributed by atoms with Crippen molar-refractivity contribution in [1.82, 2.24) is 27.4 Å². The normalized spacial score (nSPS) is 12.0. The van der Waals surface area contributed by atoms with Gasteiger partial charge in [-0.05, 0) is 214 Å². The van der Waals surface area contributed by atoms with E-state index in [4.69, 9.17) is 0 Å². The van der Waals surface area contributed by atoms with Crippen molar-refractivity contribution in [3.8, 4) is 89.8 Å². The molecule has 32 rings (SSSR count). The first-order valence-corrected chi connectivity index (χ1v) is 52.8. The van der Waals surface area contributed by atoms with Gasteiger partial charge in [-0.25, -0.2) is 4.39 Å². The summed E-state index contributed by atoms with van der Waals surface area (Å²) >= 11 is 5.50. The van der Waals surface area contributed by atoms with E-state index in [1.165, 1.54) is 237 Å². The average molecular weight is 1940 g/mol. The van der Waals surface area contributed by atoms with Gasteiger partial charge in [-0.3, -0.25) is 0 Å². The predicted octanol–water partition coefficient (Wildman–Crippen LogP) is 39.2. The molecule has 0 bridgehead atoms. The zero-order chi connectivity index (χ0) is 97.3. The van der Waals surface area contributed by atoms with Crippen LogP contribution in [0.15, 0.2) is 516 Å². The monoisotopic (exact) mass is 1940 g/mol. The summed E-state index contributed by atoms with van der Waals surface area (Å²) in [5.41, 5.74) is 33.7. The third-order valence-electron chi connectivity index (χ3n) is 30.5. The van der Waals surface area contributed by atoms with Crippen molar-refractivity contribution >= 4 is 225 Å². The van der Waals surface area contributed by atoms with Crippen molar-refractivity contribution in [2.24, 2.45) is 0 Å². The number of rotatable bonds is 11. The smallest absolute Gasteiger partial charge is 0.123 e. The molecule has 0 saturated heterocycles. The lowest BCUT2D eigenvalue weighted by Crippen LogP contribution is -1.97. The number of nitrogens with zero attached hydrogens (tertiary/aromatic N) is 6. The molecule has 0 aliphatic heterocycles. The van der Waals surface area contributed by atoms with Crippen LogP contribution in [0.3, 0.4) is 0 Å². The van der Waals surface area contributed by atoms with Gasteiger partial charge in [0.05, 0.1) is 71.9 Å². The molecule has 692 valence electrons. The lowest BCUT2D eigenvalue weighted by Gasteiger charge is -2.15. The molecule has 6 nitrogen and oxygen atoms in total. The van der Waals surface area contributed by atoms with Crippen LogP contribution >= 0.6 is 34.0 Å². The minimum absolute atomic E-state index is 0.199. The predicted molar refractivity (Wildman–Crippen MR) is 631 cm³/mol. The molecule has 9 heterocycles. The molecule has 0 atom stereocenters. The summed E-state index contributed by atoms with van der Waals surface area (Å²) in [7, 11) is 0. The molecule has 0 aliphatic rings. The van der Waals surface area contributed by atoms with Crippen LogP contribution in [-0.2, 0) is 0 Å². The molecule has 0 fully saturated rings. The maximum absolute atomic E-state index is 14.1. The first-order chi connectivity index (χ1) is 73.4. The maximum Gasteiger partial charge on any atom is 0.123 e. The van der Waals surface area contributed by atoms with E-state index in [0.717, 1.165) is 43.8 Å². The highest BCUT2D eigenvalue weighted by atomic mass is 32.1. The van der Waals surface area contributed by atoms with Gasteiger partial charge < -0.3 is 27.4 Å². The molecule has 0 aliphatic carbocycles. The molecule has 148 heavy (non-hydrogen) atoms. The molecule has 0 N–H and O–H groups in total. The zero-order valence-electron chi connectivity index (χ0n) is 79.9. The lowest BCUT2D eigenvalue weighted by atomic mass is 9.99. The van der Waals surface area contributed by atoms with Crippen molar-refractivity contribution in [2.75, 3.05) is 0 Å². The van der Waals surface area contributed by atoms with Crippen molar-refractivity contribution in [3.63, 3.8) is 0 Å². The Bertz CT molecular complexity index is 11000. The number of fused-ring (bicyclic) bond motifs is 30. The van der Waals surface area contributed by atoms with E-state index >= 15 is 0 Å². The summed E-state index contributed by atoms with van der Waals surface area (Å²) in [6.07, 6.45) is 0. The Hall–Kier alpha value is -18.6. The summed E-state index contributed by atoms with van der Waals surface area (Å²) in [4.78, 5) is 0. The second kappa shape index (κ2) is 34.4. The molecule has 0 amide bonds. The van der Waals surface area contributed by atoms with Gasteiger partial charge in [-0.2, -0.15) is 0 Å². The Morgan fingerprint density at radius 3 is 0.764 bits per heavy atom. The molecule has 9 aromatic heterocycles. The zero-order valence-corrected chi connectivity index (χ0v) is 82.3. The minimum atomic E-state index is -0.199. The third-order valence-corrected chi connectivity index (χ3v) is 34.1. The van der Waals surface area contributed by atoms with E-state index in [2.05, 4.69) is 525 Å². The van der Waals surface area contributed by atoms with E-state index < -0.39 is 0 Å². The quantitative estimate of drug-likeness (QED) is 0.124. The van der Waals surface area contributed by atoms with E-state index in [0.29, 0.717) is 0 Å². The van der Waals surface area contributed by atoms with Crippen molar-refractivity contribution < 1.29 is 4.39 Å². The highest BCUT2D eigenvalue weighted by Gasteiger charge is 2.28. The van der Waals surface area contributed by atoms with Crippen LogP contribution in [-0.4, -0.2) is 27.4 Å². The number of hydrogen-bond acceptors (Lipinski definition) is 3. The van der Waals surface area contributed by atoms with Crippen molar-refractivity contribution in [1.29, 1.82) is 0 Å². The van der Waals surface area contributed by atoms with Gasteiger partial charge in [-0.15, -0.1) is 34.0 Å². The lowest BCUT2D eigenvalue weighted by molar-refractivity contribution is 0.630. The van der Waals surface area contributed by atoms with Crippen LogP contribution in [0.1, 0.15) is 0 Å². The van der Waals surface area contributed by atoms with Gasteiger partial charge >= 0.3 is 0 Å². The number of halogens is 1. The summed E-state index contributed by atoms with van der Waals surface area (Å²) < 4.78 is 36.3. The fourth-order valence-corrected chi connectivity index (χ4v) is 27.7. The Morgan fingerprint density at radius 1 is 0.142 bits per heavy atom. The molecule has 10 heteroatoms. The van der Waals surface area contributed by atoms with Crippen LogP contribution < -0.4 is 0 Å². The standard InChI is InChI=1S/C54H34N2S.C42H25FN2S.C42H26N2S/c1-2-11-35(12-3-1)37-25-29-40(30-26-37)55-47-18-7-4-14-45(47)52-49(55)33-34-50-53(52)46-15-5-8-19-48(46)56(50)41-31-27-38(28-32-41)36-21-23-39(24-22-36)42-16-10-17-44-43-13-6-9-20-51(43)57-54(42)44;43-27-19-24-39-34(25-27)31-14-8-13-30(42(31)46-39)26-17-20-29(21-18-26)45-36-16-7-5-12-33(36)41-38(45)23-22-37-40(41)32-11-4-6-15-35(32)44(37)28-9-2-1-3-10-28;1-2-13-27(14-3-1)43-35-22-9-5-17-32(35)40-37(43)25-26-38-41(40)33-18-6-10-23-36(33)44(38)34-21-8-4-15-28(34)30-19-12-20-31-29-16-7-11-24-39(29)45-42(30)31/h1-34H;1-25H;1-26H. The summed E-state index contributed by atoms with van der Waals surface area (Å²) in [5, 5.41) is 22.6. The molecule has 0 radical (unpaired) electrons. The Morgan fingerprint density at radius 2 is 0.385 bits per heavy atom. The summed E-state index contributed by atoms with van der Waals surface area (Å²) in [6.45, 7) is 0. The first kappa shape index (κ1) is 85.1.